The van der Waals surface area contributed by atoms with Crippen molar-refractivity contribution in [3.05, 3.63) is 28.8 Å². The van der Waals surface area contributed by atoms with Crippen LogP contribution < -0.4 is 5.73 Å². The van der Waals surface area contributed by atoms with E-state index in [4.69, 9.17) is 10.2 Å². The first-order valence-corrected chi connectivity index (χ1v) is 7.00. The molecule has 2 N–H and O–H groups in total. The summed E-state index contributed by atoms with van der Waals surface area (Å²) >= 11 is 1.62. The lowest BCUT2D eigenvalue weighted by Gasteiger charge is -2.01. The summed E-state index contributed by atoms with van der Waals surface area (Å²) in [6.07, 6.45) is 0. The molecule has 19 heavy (non-hydrogen) atoms. The third-order valence-electron chi connectivity index (χ3n) is 2.96. The van der Waals surface area contributed by atoms with E-state index < -0.39 is 0 Å². The summed E-state index contributed by atoms with van der Waals surface area (Å²) in [6, 6.07) is 5.88. The van der Waals surface area contributed by atoms with Crippen LogP contribution in [-0.2, 0) is 0 Å². The topological polar surface area (TPSA) is 64.9 Å². The summed E-state index contributed by atoms with van der Waals surface area (Å²) in [5.74, 6) is 3.01. The number of hydrogen-bond donors (Lipinski definition) is 1. The van der Waals surface area contributed by atoms with Crippen molar-refractivity contribution in [2.45, 2.75) is 26.7 Å². The zero-order chi connectivity index (χ0) is 13.6. The molecule has 0 aromatic carbocycles. The fourth-order valence-electron chi connectivity index (χ4n) is 1.96. The molecule has 5 heteroatoms. The van der Waals surface area contributed by atoms with E-state index in [1.165, 1.54) is 4.88 Å². The minimum atomic E-state index is 0.346. The first-order valence-electron chi connectivity index (χ1n) is 6.18. The van der Waals surface area contributed by atoms with E-state index in [-0.39, 0.29) is 0 Å². The fraction of sp³-hybridized carbons (Fsp3) is 0.286. The van der Waals surface area contributed by atoms with Crippen LogP contribution in [0.5, 0.6) is 0 Å². The van der Waals surface area contributed by atoms with Crippen molar-refractivity contribution in [2.75, 3.05) is 5.73 Å². The normalized spacial score (nSPS) is 11.6. The molecule has 0 spiro atoms. The lowest BCUT2D eigenvalue weighted by atomic mass is 10.2. The number of aryl methyl sites for hydroxylation is 1. The number of anilines is 1. The SMILES string of the molecule is Cc1cc2c(N)nc(-c3ccc(C(C)C)o3)nc2s1. The minimum absolute atomic E-state index is 0.346. The Labute approximate surface area is 115 Å². The molecular formula is C14H15N3OS. The number of nitrogens with two attached hydrogens (primary N) is 1. The molecule has 3 heterocycles. The zero-order valence-electron chi connectivity index (χ0n) is 11.1. The number of nitrogens with zero attached hydrogens (tertiary/aromatic N) is 2. The Balaban J connectivity index is 2.13. The molecule has 0 bridgehead atoms. The van der Waals surface area contributed by atoms with Gasteiger partial charge in [-0.1, -0.05) is 13.8 Å². The van der Waals surface area contributed by atoms with E-state index in [0.717, 1.165) is 16.0 Å². The van der Waals surface area contributed by atoms with Crippen molar-refractivity contribution in [3.63, 3.8) is 0 Å². The van der Waals surface area contributed by atoms with E-state index in [9.17, 15) is 0 Å². The Bertz CT molecular complexity index is 742. The second-order valence-electron chi connectivity index (χ2n) is 4.87. The maximum Gasteiger partial charge on any atom is 0.199 e. The molecule has 98 valence electrons. The minimum Gasteiger partial charge on any atom is -0.457 e. The van der Waals surface area contributed by atoms with Crippen LogP contribution in [0.25, 0.3) is 21.8 Å². The average molecular weight is 273 g/mol. The van der Waals surface area contributed by atoms with Gasteiger partial charge >= 0.3 is 0 Å². The number of thiophene rings is 1. The van der Waals surface area contributed by atoms with Gasteiger partial charge < -0.3 is 10.2 Å². The van der Waals surface area contributed by atoms with Crippen molar-refractivity contribution in [2.24, 2.45) is 0 Å². The van der Waals surface area contributed by atoms with Gasteiger partial charge in [0.1, 0.15) is 16.4 Å². The Kier molecular flexibility index (Phi) is 2.78. The van der Waals surface area contributed by atoms with Gasteiger partial charge in [-0.25, -0.2) is 9.97 Å². The van der Waals surface area contributed by atoms with Gasteiger partial charge in [-0.05, 0) is 25.1 Å². The predicted molar refractivity (Wildman–Crippen MR) is 78.4 cm³/mol. The van der Waals surface area contributed by atoms with Crippen molar-refractivity contribution in [3.8, 4) is 11.6 Å². The Morgan fingerprint density at radius 3 is 2.74 bits per heavy atom. The van der Waals surface area contributed by atoms with Crippen molar-refractivity contribution < 1.29 is 4.42 Å². The smallest absolute Gasteiger partial charge is 0.199 e. The molecule has 0 radical (unpaired) electrons. The monoisotopic (exact) mass is 273 g/mol. The van der Waals surface area contributed by atoms with E-state index in [0.29, 0.717) is 23.3 Å². The number of aromatic nitrogens is 2. The largest absolute Gasteiger partial charge is 0.457 e. The van der Waals surface area contributed by atoms with Crippen molar-refractivity contribution in [1.82, 2.24) is 9.97 Å². The van der Waals surface area contributed by atoms with Crippen molar-refractivity contribution >= 4 is 27.4 Å². The van der Waals surface area contributed by atoms with Gasteiger partial charge in [0.2, 0.25) is 0 Å². The molecule has 0 saturated heterocycles. The van der Waals surface area contributed by atoms with E-state index in [1.807, 2.05) is 25.1 Å². The summed E-state index contributed by atoms with van der Waals surface area (Å²) in [4.78, 5) is 11.0. The molecule has 0 fully saturated rings. The third-order valence-corrected chi connectivity index (χ3v) is 3.91. The standard InChI is InChI=1S/C14H15N3OS/c1-7(2)10-4-5-11(18-10)13-16-12(15)9-6-8(3)19-14(9)17-13/h4-7H,1-3H3,(H2,15,16,17). The van der Waals surface area contributed by atoms with Crippen LogP contribution in [0.4, 0.5) is 5.82 Å². The molecule has 3 rings (SSSR count). The molecule has 0 atom stereocenters. The molecule has 0 unspecified atom stereocenters. The van der Waals surface area contributed by atoms with E-state index in [1.54, 1.807) is 11.3 Å². The summed E-state index contributed by atoms with van der Waals surface area (Å²) in [7, 11) is 0. The van der Waals surface area contributed by atoms with E-state index >= 15 is 0 Å². The lowest BCUT2D eigenvalue weighted by Crippen LogP contribution is -1.95. The maximum atomic E-state index is 5.99. The van der Waals surface area contributed by atoms with Crippen LogP contribution in [0.1, 0.15) is 30.4 Å². The number of furan rings is 1. The van der Waals surface area contributed by atoms with Crippen LogP contribution >= 0.6 is 11.3 Å². The molecule has 0 aliphatic carbocycles. The second kappa shape index (κ2) is 4.35. The predicted octanol–water partition coefficient (Wildman–Crippen LogP) is 3.97. The molecule has 3 aromatic rings. The van der Waals surface area contributed by atoms with Crippen LogP contribution in [0.2, 0.25) is 0 Å². The summed E-state index contributed by atoms with van der Waals surface area (Å²) in [6.45, 7) is 6.21. The average Bonchev–Trinajstić information content (AvgIpc) is 2.94. The second-order valence-corrected chi connectivity index (χ2v) is 6.10. The maximum absolute atomic E-state index is 5.99. The fourth-order valence-corrected chi connectivity index (χ4v) is 2.84. The quantitative estimate of drug-likeness (QED) is 0.767. The molecule has 3 aromatic heterocycles. The van der Waals surface area contributed by atoms with Gasteiger partial charge in [0, 0.05) is 10.8 Å². The van der Waals surface area contributed by atoms with Gasteiger partial charge in [-0.3, -0.25) is 0 Å². The van der Waals surface area contributed by atoms with Gasteiger partial charge in [0.25, 0.3) is 0 Å². The summed E-state index contributed by atoms with van der Waals surface area (Å²) in [5.41, 5.74) is 5.99. The highest BCUT2D eigenvalue weighted by molar-refractivity contribution is 7.18. The zero-order valence-corrected chi connectivity index (χ0v) is 11.9. The van der Waals surface area contributed by atoms with Gasteiger partial charge in [-0.2, -0.15) is 0 Å². The number of hydrogen-bond acceptors (Lipinski definition) is 5. The Morgan fingerprint density at radius 2 is 2.05 bits per heavy atom. The third kappa shape index (κ3) is 2.10. The molecule has 0 saturated carbocycles. The molecule has 0 aliphatic rings. The van der Waals surface area contributed by atoms with Crippen LogP contribution in [0.3, 0.4) is 0 Å². The highest BCUT2D eigenvalue weighted by atomic mass is 32.1. The number of fused-ring (bicyclic) bond motifs is 1. The van der Waals surface area contributed by atoms with Crippen molar-refractivity contribution in [1.29, 1.82) is 0 Å². The lowest BCUT2D eigenvalue weighted by molar-refractivity contribution is 0.496. The highest BCUT2D eigenvalue weighted by Crippen LogP contribution is 2.30. The first kappa shape index (κ1) is 12.2. The number of rotatable bonds is 2. The highest BCUT2D eigenvalue weighted by Gasteiger charge is 2.13. The van der Waals surface area contributed by atoms with Crippen LogP contribution in [0.15, 0.2) is 22.6 Å². The van der Waals surface area contributed by atoms with Crippen LogP contribution in [0, 0.1) is 6.92 Å². The molecule has 0 amide bonds. The summed E-state index contributed by atoms with van der Waals surface area (Å²) < 4.78 is 5.77. The number of nitrogen functional groups attached to an aromatic ring is 1. The molecule has 4 nitrogen and oxygen atoms in total. The van der Waals surface area contributed by atoms with Gasteiger partial charge in [0.05, 0.1) is 5.39 Å². The Hall–Kier alpha value is -1.88. The van der Waals surface area contributed by atoms with E-state index in [2.05, 4.69) is 23.8 Å². The molecule has 0 aliphatic heterocycles. The van der Waals surface area contributed by atoms with Gasteiger partial charge in [0.15, 0.2) is 11.6 Å². The van der Waals surface area contributed by atoms with Crippen LogP contribution in [-0.4, -0.2) is 9.97 Å². The van der Waals surface area contributed by atoms with Gasteiger partial charge in [-0.15, -0.1) is 11.3 Å². The first-order chi connectivity index (χ1) is 9.04. The molecular weight excluding hydrogens is 258 g/mol. The summed E-state index contributed by atoms with van der Waals surface area (Å²) in [5, 5.41) is 0.918. The Morgan fingerprint density at radius 1 is 1.26 bits per heavy atom.